The van der Waals surface area contributed by atoms with Crippen LogP contribution in [0.2, 0.25) is 5.02 Å². The minimum absolute atomic E-state index is 0.0229. The Balaban J connectivity index is 1.26. The number of imidazole rings is 1. The van der Waals surface area contributed by atoms with Crippen molar-refractivity contribution in [2.24, 2.45) is 0 Å². The smallest absolute Gasteiger partial charge is 0.224 e. The summed E-state index contributed by atoms with van der Waals surface area (Å²) in [5, 5.41) is 3.84. The fourth-order valence-corrected chi connectivity index (χ4v) is 4.69. The molecule has 0 radical (unpaired) electrons. The van der Waals surface area contributed by atoms with Crippen molar-refractivity contribution in [3.63, 3.8) is 0 Å². The van der Waals surface area contributed by atoms with Gasteiger partial charge in [-0.2, -0.15) is 0 Å². The van der Waals surface area contributed by atoms with E-state index in [9.17, 15) is 4.79 Å². The van der Waals surface area contributed by atoms with Crippen LogP contribution in [-0.2, 0) is 24.2 Å². The van der Waals surface area contributed by atoms with E-state index in [2.05, 4.69) is 28.1 Å². The minimum atomic E-state index is 0.0229. The molecule has 0 aliphatic rings. The highest BCUT2D eigenvalue weighted by atomic mass is 35.5. The van der Waals surface area contributed by atoms with Gasteiger partial charge in [-0.25, -0.2) is 4.98 Å². The van der Waals surface area contributed by atoms with Crippen molar-refractivity contribution in [2.75, 3.05) is 20.3 Å². The van der Waals surface area contributed by atoms with E-state index in [-0.39, 0.29) is 5.91 Å². The van der Waals surface area contributed by atoms with Crippen molar-refractivity contribution in [3.8, 4) is 11.5 Å². The third-order valence-electron chi connectivity index (χ3n) is 6.61. The number of aromatic nitrogens is 2. The van der Waals surface area contributed by atoms with Gasteiger partial charge in [-0.15, -0.1) is 0 Å². The molecule has 200 valence electrons. The molecule has 0 aliphatic carbocycles. The molecule has 0 unspecified atom stereocenters. The summed E-state index contributed by atoms with van der Waals surface area (Å²) in [4.78, 5) is 17.2. The quantitative estimate of drug-likeness (QED) is 0.200. The fraction of sp³-hybridized carbons (Fsp3) is 0.355. The topological polar surface area (TPSA) is 65.4 Å². The maximum Gasteiger partial charge on any atom is 0.224 e. The van der Waals surface area contributed by atoms with Gasteiger partial charge in [0.25, 0.3) is 0 Å². The van der Waals surface area contributed by atoms with E-state index >= 15 is 0 Å². The van der Waals surface area contributed by atoms with Crippen LogP contribution in [0.1, 0.15) is 41.8 Å². The highest BCUT2D eigenvalue weighted by Crippen LogP contribution is 2.26. The first kappa shape index (κ1) is 27.5. The summed E-state index contributed by atoms with van der Waals surface area (Å²) in [6.45, 7) is 6.15. The van der Waals surface area contributed by atoms with Crippen LogP contribution >= 0.6 is 11.6 Å². The van der Waals surface area contributed by atoms with Crippen molar-refractivity contribution >= 4 is 28.5 Å². The molecule has 38 heavy (non-hydrogen) atoms. The molecule has 1 amide bonds. The van der Waals surface area contributed by atoms with Gasteiger partial charge in [0.2, 0.25) is 5.91 Å². The number of hydrogen-bond donors (Lipinski definition) is 1. The second-order valence-corrected chi connectivity index (χ2v) is 9.95. The first-order valence-corrected chi connectivity index (χ1v) is 13.6. The standard InChI is InChI=1S/C31H36ClN3O3/c1-22-19-26(20-23(2)31(22)32)38-18-7-6-17-35-28-10-5-4-9-27(28)34-29(35)11-8-16-33-30(36)21-24-12-14-25(37-3)15-13-24/h4-5,9-10,12-15,19-20H,6-8,11,16-18,21H2,1-3H3,(H,33,36). The van der Waals surface area contributed by atoms with E-state index in [1.54, 1.807) is 7.11 Å². The maximum atomic E-state index is 12.4. The Kier molecular flexibility index (Phi) is 9.66. The Labute approximate surface area is 229 Å². The van der Waals surface area contributed by atoms with E-state index < -0.39 is 0 Å². The molecule has 6 nitrogen and oxygen atoms in total. The van der Waals surface area contributed by atoms with Crippen LogP contribution in [0.15, 0.2) is 60.7 Å². The molecule has 4 aromatic rings. The Morgan fingerprint density at radius 1 is 0.974 bits per heavy atom. The van der Waals surface area contributed by atoms with Crippen molar-refractivity contribution in [1.82, 2.24) is 14.9 Å². The Morgan fingerprint density at radius 2 is 1.71 bits per heavy atom. The SMILES string of the molecule is COc1ccc(CC(=O)NCCCc2nc3ccccc3n2CCCCOc2cc(C)c(Cl)c(C)c2)cc1. The third-order valence-corrected chi connectivity index (χ3v) is 7.21. The molecule has 0 aliphatic heterocycles. The van der Waals surface area contributed by atoms with Crippen LogP contribution in [0.25, 0.3) is 11.0 Å². The molecule has 0 saturated heterocycles. The molecule has 0 atom stereocenters. The van der Waals surface area contributed by atoms with Crippen molar-refractivity contribution in [1.29, 1.82) is 0 Å². The summed E-state index contributed by atoms with van der Waals surface area (Å²) in [6.07, 6.45) is 3.92. The van der Waals surface area contributed by atoms with Crippen molar-refractivity contribution in [3.05, 3.63) is 88.2 Å². The number of rotatable bonds is 13. The number of carbonyl (C=O) groups excluding carboxylic acids is 1. The molecule has 1 aromatic heterocycles. The lowest BCUT2D eigenvalue weighted by Crippen LogP contribution is -2.26. The molecule has 4 rings (SSSR count). The average Bonchev–Trinajstić information content (AvgIpc) is 3.27. The lowest BCUT2D eigenvalue weighted by molar-refractivity contribution is -0.120. The third kappa shape index (κ3) is 7.29. The van der Waals surface area contributed by atoms with Gasteiger partial charge in [0, 0.05) is 24.5 Å². The molecule has 7 heteroatoms. The minimum Gasteiger partial charge on any atom is -0.497 e. The highest BCUT2D eigenvalue weighted by molar-refractivity contribution is 6.32. The summed E-state index contributed by atoms with van der Waals surface area (Å²) >= 11 is 6.27. The molecule has 0 saturated carbocycles. The second kappa shape index (κ2) is 13.3. The van der Waals surface area contributed by atoms with Gasteiger partial charge in [0.1, 0.15) is 17.3 Å². The summed E-state index contributed by atoms with van der Waals surface area (Å²) in [5.41, 5.74) is 5.20. The van der Waals surface area contributed by atoms with Gasteiger partial charge in [-0.05, 0) is 86.2 Å². The predicted molar refractivity (Wildman–Crippen MR) is 153 cm³/mol. The largest absolute Gasteiger partial charge is 0.497 e. The number of aryl methyl sites for hydroxylation is 4. The number of carbonyl (C=O) groups is 1. The summed E-state index contributed by atoms with van der Waals surface area (Å²) in [6, 6.07) is 19.8. The predicted octanol–water partition coefficient (Wildman–Crippen LogP) is 6.47. The molecule has 0 spiro atoms. The van der Waals surface area contributed by atoms with Gasteiger partial charge < -0.3 is 19.4 Å². The van der Waals surface area contributed by atoms with Crippen LogP contribution < -0.4 is 14.8 Å². The Bertz CT molecular complexity index is 1340. The average molecular weight is 534 g/mol. The number of unbranched alkanes of at least 4 members (excludes halogenated alkanes) is 1. The van der Waals surface area contributed by atoms with Crippen LogP contribution in [0.5, 0.6) is 11.5 Å². The zero-order chi connectivity index (χ0) is 26.9. The van der Waals surface area contributed by atoms with E-state index in [1.807, 2.05) is 56.3 Å². The van der Waals surface area contributed by atoms with Crippen LogP contribution in [0.4, 0.5) is 0 Å². The number of para-hydroxylation sites is 2. The number of nitrogens with zero attached hydrogens (tertiary/aromatic N) is 2. The highest BCUT2D eigenvalue weighted by Gasteiger charge is 2.11. The van der Waals surface area contributed by atoms with Crippen molar-refractivity contribution in [2.45, 2.75) is 52.5 Å². The van der Waals surface area contributed by atoms with Gasteiger partial charge in [-0.3, -0.25) is 4.79 Å². The summed E-state index contributed by atoms with van der Waals surface area (Å²) in [5.74, 6) is 2.73. The monoisotopic (exact) mass is 533 g/mol. The second-order valence-electron chi connectivity index (χ2n) is 9.57. The van der Waals surface area contributed by atoms with E-state index in [0.29, 0.717) is 19.6 Å². The number of hydrogen-bond acceptors (Lipinski definition) is 4. The van der Waals surface area contributed by atoms with Gasteiger partial charge in [-0.1, -0.05) is 35.9 Å². The number of halogens is 1. The Hall–Kier alpha value is -3.51. The number of nitrogens with one attached hydrogen (secondary N) is 1. The zero-order valence-electron chi connectivity index (χ0n) is 22.4. The number of amides is 1. The lowest BCUT2D eigenvalue weighted by Gasteiger charge is -2.12. The summed E-state index contributed by atoms with van der Waals surface area (Å²) < 4.78 is 13.5. The zero-order valence-corrected chi connectivity index (χ0v) is 23.2. The van der Waals surface area contributed by atoms with E-state index in [4.69, 9.17) is 26.1 Å². The normalized spacial score (nSPS) is 11.1. The number of fused-ring (bicyclic) bond motifs is 1. The lowest BCUT2D eigenvalue weighted by atomic mass is 10.1. The molecule has 3 aromatic carbocycles. The number of methoxy groups -OCH3 is 1. The molecule has 1 heterocycles. The number of benzene rings is 3. The first-order chi connectivity index (χ1) is 18.4. The van der Waals surface area contributed by atoms with Crippen LogP contribution in [0, 0.1) is 13.8 Å². The molecule has 0 bridgehead atoms. The van der Waals surface area contributed by atoms with Crippen LogP contribution in [-0.4, -0.2) is 35.7 Å². The molecule has 1 N–H and O–H groups in total. The van der Waals surface area contributed by atoms with E-state index in [0.717, 1.165) is 82.3 Å². The Morgan fingerprint density at radius 3 is 2.45 bits per heavy atom. The van der Waals surface area contributed by atoms with Crippen molar-refractivity contribution < 1.29 is 14.3 Å². The van der Waals surface area contributed by atoms with Crippen LogP contribution in [0.3, 0.4) is 0 Å². The molecule has 0 fully saturated rings. The number of ether oxygens (including phenoxy) is 2. The first-order valence-electron chi connectivity index (χ1n) is 13.2. The maximum absolute atomic E-state index is 12.4. The molecular formula is C31H36ClN3O3. The van der Waals surface area contributed by atoms with Gasteiger partial charge in [0.15, 0.2) is 0 Å². The molecular weight excluding hydrogens is 498 g/mol. The van der Waals surface area contributed by atoms with Gasteiger partial charge >= 0.3 is 0 Å². The fourth-order valence-electron chi connectivity index (χ4n) is 4.58. The summed E-state index contributed by atoms with van der Waals surface area (Å²) in [7, 11) is 1.63. The van der Waals surface area contributed by atoms with E-state index in [1.165, 1.54) is 0 Å². The van der Waals surface area contributed by atoms with Gasteiger partial charge in [0.05, 0.1) is 31.2 Å².